The minimum absolute atomic E-state index is 0.0320. The Labute approximate surface area is 258 Å². The van der Waals surface area contributed by atoms with Gasteiger partial charge in [0.25, 0.3) is 0 Å². The average molecular weight is 642 g/mol. The molecule has 11 heteroatoms. The van der Waals surface area contributed by atoms with Crippen LogP contribution in [0.4, 0.5) is 0 Å². The zero-order valence-electron chi connectivity index (χ0n) is 24.5. The maximum absolute atomic E-state index is 14.7. The largest absolute Gasteiger partial charge is 0.744 e. The first kappa shape index (κ1) is 28.2. The fourth-order valence-corrected chi connectivity index (χ4v) is 12.0. The Kier molecular flexibility index (Phi) is 6.41. The van der Waals surface area contributed by atoms with Gasteiger partial charge in [-0.25, -0.2) is 8.42 Å². The molecule has 0 radical (unpaired) electrons. The summed E-state index contributed by atoms with van der Waals surface area (Å²) in [6.45, 7) is 0. The number of rotatable bonds is 7. The maximum atomic E-state index is 14.7. The Hall–Kier alpha value is -2.02. The Morgan fingerprint density at radius 1 is 0.682 bits per heavy atom. The van der Waals surface area contributed by atoms with Crippen LogP contribution < -0.4 is 4.18 Å². The normalized spacial score (nSPS) is 36.9. The van der Waals surface area contributed by atoms with Crippen LogP contribution in [0.5, 0.6) is 5.75 Å². The van der Waals surface area contributed by atoms with Crippen molar-refractivity contribution in [1.82, 2.24) is 0 Å². The number of fused-ring (bicyclic) bond motifs is 7. The van der Waals surface area contributed by atoms with Crippen molar-refractivity contribution in [3.63, 3.8) is 0 Å². The molecule has 6 bridgehead atoms. The summed E-state index contributed by atoms with van der Waals surface area (Å²) in [7, 11) is -9.07. The third-order valence-electron chi connectivity index (χ3n) is 11.6. The van der Waals surface area contributed by atoms with Gasteiger partial charge in [-0.05, 0) is 111 Å². The lowest BCUT2D eigenvalue weighted by Gasteiger charge is -2.30. The van der Waals surface area contributed by atoms with E-state index in [2.05, 4.69) is 12.1 Å². The molecule has 9 unspecified atom stereocenters. The highest BCUT2D eigenvalue weighted by molar-refractivity contribution is 7.87. The lowest BCUT2D eigenvalue weighted by Crippen LogP contribution is -2.26. The van der Waals surface area contributed by atoms with Crippen LogP contribution in [-0.2, 0) is 47.3 Å². The summed E-state index contributed by atoms with van der Waals surface area (Å²) in [5.41, 5.74) is 3.59. The predicted molar refractivity (Wildman–Crippen MR) is 156 cm³/mol. The predicted octanol–water partition coefficient (Wildman–Crippen LogP) is 4.95. The Balaban J connectivity index is 1.20. The summed E-state index contributed by atoms with van der Waals surface area (Å²) in [6, 6.07) is 6.78. The molecule has 0 amide bonds. The molecule has 0 spiro atoms. The summed E-state index contributed by atoms with van der Waals surface area (Å²) in [5.74, 6) is 0.227. The maximum Gasteiger partial charge on any atom is 0.339 e. The molecule has 9 atom stereocenters. The van der Waals surface area contributed by atoms with E-state index in [-0.39, 0.29) is 69.9 Å². The van der Waals surface area contributed by atoms with E-state index in [1.165, 1.54) is 12.1 Å². The molecule has 1 aliphatic carbocycles. The molecule has 0 saturated carbocycles. The van der Waals surface area contributed by atoms with Crippen molar-refractivity contribution >= 4 is 20.2 Å². The second-order valence-electron chi connectivity index (χ2n) is 14.0. The van der Waals surface area contributed by atoms with E-state index >= 15 is 0 Å². The van der Waals surface area contributed by atoms with Crippen LogP contribution in [0.2, 0.25) is 0 Å². The van der Waals surface area contributed by atoms with Crippen molar-refractivity contribution in [3.05, 3.63) is 52.1 Å². The molecule has 9 nitrogen and oxygen atoms in total. The van der Waals surface area contributed by atoms with Crippen molar-refractivity contribution in [2.24, 2.45) is 0 Å². The smallest absolute Gasteiger partial charge is 0.339 e. The second-order valence-corrected chi connectivity index (χ2v) is 16.9. The van der Waals surface area contributed by atoms with Gasteiger partial charge in [0.05, 0.1) is 41.5 Å². The summed E-state index contributed by atoms with van der Waals surface area (Å²) < 4.78 is 90.2. The van der Waals surface area contributed by atoms with Crippen molar-refractivity contribution < 1.29 is 39.8 Å². The molecule has 6 aliphatic heterocycles. The number of benzene rings is 2. The molecule has 6 fully saturated rings. The minimum Gasteiger partial charge on any atom is -0.744 e. The molecule has 2 aromatic carbocycles. The first-order valence-electron chi connectivity index (χ1n) is 16.3. The summed E-state index contributed by atoms with van der Waals surface area (Å²) in [4.78, 5) is -0.0493. The van der Waals surface area contributed by atoms with Crippen molar-refractivity contribution in [2.45, 2.75) is 141 Å². The average Bonchev–Trinajstić information content (AvgIpc) is 3.85. The van der Waals surface area contributed by atoms with Gasteiger partial charge in [0.2, 0.25) is 0 Å². The van der Waals surface area contributed by atoms with Gasteiger partial charge < -0.3 is 22.9 Å². The quantitative estimate of drug-likeness (QED) is 0.305. The van der Waals surface area contributed by atoms with E-state index in [9.17, 15) is 21.4 Å². The zero-order chi connectivity index (χ0) is 30.0. The number of hydrogen-bond donors (Lipinski definition) is 0. The van der Waals surface area contributed by atoms with Gasteiger partial charge in [0, 0.05) is 23.3 Å². The summed E-state index contributed by atoms with van der Waals surface area (Å²) >= 11 is 0. The van der Waals surface area contributed by atoms with Gasteiger partial charge in [-0.2, -0.15) is 8.42 Å². The topological polar surface area (TPSA) is 128 Å². The van der Waals surface area contributed by atoms with E-state index in [4.69, 9.17) is 18.4 Å². The molecule has 6 saturated heterocycles. The van der Waals surface area contributed by atoms with Crippen LogP contribution in [0.3, 0.4) is 0 Å². The van der Waals surface area contributed by atoms with Crippen LogP contribution in [0, 0.1) is 0 Å². The van der Waals surface area contributed by atoms with E-state index in [1.54, 1.807) is 0 Å². The first-order chi connectivity index (χ1) is 21.1. The van der Waals surface area contributed by atoms with Gasteiger partial charge in [0.1, 0.15) is 20.8 Å². The van der Waals surface area contributed by atoms with E-state index in [1.807, 2.05) is 0 Å². The Morgan fingerprint density at radius 3 is 1.68 bits per heavy atom. The van der Waals surface area contributed by atoms with Gasteiger partial charge in [0.15, 0.2) is 0 Å². The molecule has 0 aromatic heterocycles. The molecule has 7 aliphatic rings. The van der Waals surface area contributed by atoms with Crippen LogP contribution in [0.1, 0.15) is 110 Å². The molecule has 236 valence electrons. The molecular formula is C33H37O9S2-. The zero-order valence-corrected chi connectivity index (χ0v) is 26.1. The summed E-state index contributed by atoms with van der Waals surface area (Å²) in [5, 5.41) is 0. The van der Waals surface area contributed by atoms with Gasteiger partial charge >= 0.3 is 10.1 Å². The minimum atomic E-state index is -4.70. The van der Waals surface area contributed by atoms with Crippen LogP contribution >= 0.6 is 0 Å². The third kappa shape index (κ3) is 4.44. The Morgan fingerprint density at radius 2 is 1.20 bits per heavy atom. The third-order valence-corrected chi connectivity index (χ3v) is 13.9. The van der Waals surface area contributed by atoms with E-state index in [0.717, 1.165) is 74.5 Å². The molecule has 9 rings (SSSR count). The Bertz CT molecular complexity index is 1700. The van der Waals surface area contributed by atoms with Crippen LogP contribution in [0.15, 0.2) is 34.1 Å². The lowest BCUT2D eigenvalue weighted by atomic mass is 9.76. The number of ether oxygens (including phenoxy) is 3. The van der Waals surface area contributed by atoms with Crippen molar-refractivity contribution in [2.75, 3.05) is 0 Å². The van der Waals surface area contributed by atoms with Crippen LogP contribution in [0.25, 0.3) is 0 Å². The van der Waals surface area contributed by atoms with Crippen molar-refractivity contribution in [1.29, 1.82) is 0 Å². The molecular weight excluding hydrogens is 604 g/mol. The standard InChI is InChI=1S/C33H38O9S2/c34-43(35,36)32-11-10-31(21-2-1-3-22(21)32)42-44(37,38)33-26(24-15-19-5-8-29(24)40-19)12-17(23-14-18-4-7-28(23)39-18)13-27(33)25-16-20-6-9-30(25)41-20/h10-13,18-20,23-25,28-30H,1-9,14-16H2,(H,34,35,36)/p-1. The molecule has 2 aromatic rings. The fourth-order valence-electron chi connectivity index (χ4n) is 9.78. The summed E-state index contributed by atoms with van der Waals surface area (Å²) in [6.07, 6.45) is 10.5. The van der Waals surface area contributed by atoms with Crippen molar-refractivity contribution in [3.8, 4) is 5.75 Å². The van der Waals surface area contributed by atoms with E-state index < -0.39 is 20.2 Å². The second kappa shape index (κ2) is 9.99. The van der Waals surface area contributed by atoms with E-state index in [0.29, 0.717) is 30.4 Å². The van der Waals surface area contributed by atoms with Gasteiger partial charge in [-0.3, -0.25) is 0 Å². The molecule has 6 heterocycles. The highest BCUT2D eigenvalue weighted by Gasteiger charge is 2.49. The molecule has 0 N–H and O–H groups in total. The highest BCUT2D eigenvalue weighted by Crippen LogP contribution is 2.53. The highest BCUT2D eigenvalue weighted by atomic mass is 32.2. The SMILES string of the molecule is O=S(=O)([O-])c1ccc(OS(=O)(=O)c2c(C3CC4CCC3O4)cc(C3CC4CCC3O4)cc2C2CC3CCC2O3)c2c1CCC2. The van der Waals surface area contributed by atoms with Gasteiger partial charge in [-0.15, -0.1) is 0 Å². The van der Waals surface area contributed by atoms with Crippen LogP contribution in [-0.4, -0.2) is 58.0 Å². The number of hydrogen-bond acceptors (Lipinski definition) is 9. The first-order valence-corrected chi connectivity index (χ1v) is 19.1. The van der Waals surface area contributed by atoms with Gasteiger partial charge in [-0.1, -0.05) is 12.1 Å². The monoisotopic (exact) mass is 641 g/mol. The molecule has 44 heavy (non-hydrogen) atoms. The lowest BCUT2D eigenvalue weighted by molar-refractivity contribution is 0.0996. The fraction of sp³-hybridized carbons (Fsp3) is 0.636.